The van der Waals surface area contributed by atoms with Crippen molar-refractivity contribution in [2.45, 2.75) is 19.4 Å². The van der Waals surface area contributed by atoms with Crippen molar-refractivity contribution in [3.8, 4) is 0 Å². The Balaban J connectivity index is 0.00000264. The SMILES string of the molecule is Cl.NCCCC(=O)NCc1ccc(NC(=O)c2ccco2)cc1. The standard InChI is InChI=1S/C16H19N3O3.ClH/c17-9-1-4-15(20)18-11-12-5-7-13(8-6-12)19-16(21)14-3-2-10-22-14;/h2-3,5-8,10H,1,4,9,11,17H2,(H,18,20)(H,19,21);1H. The van der Waals surface area contributed by atoms with Crippen LogP contribution in [0.2, 0.25) is 0 Å². The van der Waals surface area contributed by atoms with E-state index in [1.807, 2.05) is 12.1 Å². The van der Waals surface area contributed by atoms with E-state index in [1.54, 1.807) is 24.3 Å². The van der Waals surface area contributed by atoms with Crippen LogP contribution < -0.4 is 16.4 Å². The number of benzene rings is 1. The summed E-state index contributed by atoms with van der Waals surface area (Å²) < 4.78 is 5.02. The van der Waals surface area contributed by atoms with Gasteiger partial charge in [-0.3, -0.25) is 9.59 Å². The lowest BCUT2D eigenvalue weighted by atomic mass is 10.2. The van der Waals surface area contributed by atoms with E-state index in [0.717, 1.165) is 5.56 Å². The molecule has 0 aliphatic rings. The van der Waals surface area contributed by atoms with Gasteiger partial charge < -0.3 is 20.8 Å². The first-order valence-electron chi connectivity index (χ1n) is 7.09. The van der Waals surface area contributed by atoms with Crippen LogP contribution in [-0.4, -0.2) is 18.4 Å². The molecule has 4 N–H and O–H groups in total. The fourth-order valence-corrected chi connectivity index (χ4v) is 1.86. The van der Waals surface area contributed by atoms with Gasteiger partial charge in [0.25, 0.3) is 5.91 Å². The summed E-state index contributed by atoms with van der Waals surface area (Å²) in [4.78, 5) is 23.3. The van der Waals surface area contributed by atoms with E-state index in [2.05, 4.69) is 10.6 Å². The zero-order valence-electron chi connectivity index (χ0n) is 12.6. The van der Waals surface area contributed by atoms with Gasteiger partial charge in [0.1, 0.15) is 0 Å². The molecule has 0 saturated heterocycles. The summed E-state index contributed by atoms with van der Waals surface area (Å²) in [5, 5.41) is 5.55. The molecule has 1 heterocycles. The number of nitrogens with one attached hydrogen (secondary N) is 2. The summed E-state index contributed by atoms with van der Waals surface area (Å²) in [6.45, 7) is 0.966. The lowest BCUT2D eigenvalue weighted by Crippen LogP contribution is -2.23. The summed E-state index contributed by atoms with van der Waals surface area (Å²) in [5.74, 6) is -0.0512. The van der Waals surface area contributed by atoms with Gasteiger partial charge in [-0.05, 0) is 42.8 Å². The fourth-order valence-electron chi connectivity index (χ4n) is 1.86. The molecule has 0 fully saturated rings. The van der Waals surface area contributed by atoms with Crippen molar-refractivity contribution in [3.05, 3.63) is 54.0 Å². The molecule has 2 aromatic rings. The first-order chi connectivity index (χ1) is 10.7. The quantitative estimate of drug-likeness (QED) is 0.722. The molecule has 0 aliphatic carbocycles. The second-order valence-electron chi connectivity index (χ2n) is 4.80. The van der Waals surface area contributed by atoms with Crippen LogP contribution >= 0.6 is 12.4 Å². The molecule has 2 rings (SSSR count). The van der Waals surface area contributed by atoms with Crippen LogP contribution in [0.25, 0.3) is 0 Å². The van der Waals surface area contributed by atoms with Crippen LogP contribution in [0.4, 0.5) is 5.69 Å². The Kier molecular flexibility index (Phi) is 7.87. The molecule has 0 saturated carbocycles. The second-order valence-corrected chi connectivity index (χ2v) is 4.80. The van der Waals surface area contributed by atoms with Crippen LogP contribution in [0.1, 0.15) is 29.0 Å². The Labute approximate surface area is 140 Å². The summed E-state index contributed by atoms with van der Waals surface area (Å²) in [6, 6.07) is 10.5. The predicted octanol–water partition coefficient (Wildman–Crippen LogP) is 2.31. The number of carbonyl (C=O) groups excluding carboxylic acids is 2. The summed E-state index contributed by atoms with van der Waals surface area (Å²) in [5.41, 5.74) is 6.98. The van der Waals surface area contributed by atoms with Gasteiger partial charge in [0.05, 0.1) is 6.26 Å². The second kappa shape index (κ2) is 9.66. The number of furan rings is 1. The zero-order valence-corrected chi connectivity index (χ0v) is 13.4. The molecule has 124 valence electrons. The maximum atomic E-state index is 11.8. The van der Waals surface area contributed by atoms with E-state index < -0.39 is 0 Å². The fraction of sp³-hybridized carbons (Fsp3) is 0.250. The number of anilines is 1. The molecule has 0 bridgehead atoms. The van der Waals surface area contributed by atoms with Crippen LogP contribution in [0.15, 0.2) is 47.1 Å². The average molecular weight is 338 g/mol. The number of hydrogen-bond acceptors (Lipinski definition) is 4. The van der Waals surface area contributed by atoms with Crippen molar-refractivity contribution in [3.63, 3.8) is 0 Å². The highest BCUT2D eigenvalue weighted by molar-refractivity contribution is 6.02. The molecule has 1 aromatic heterocycles. The number of nitrogens with two attached hydrogens (primary N) is 1. The number of carbonyl (C=O) groups is 2. The first kappa shape index (κ1) is 18.7. The highest BCUT2D eigenvalue weighted by Crippen LogP contribution is 2.11. The molecule has 6 nitrogen and oxygen atoms in total. The van der Waals surface area contributed by atoms with Gasteiger partial charge in [0.2, 0.25) is 5.91 Å². The van der Waals surface area contributed by atoms with Gasteiger partial charge in [0, 0.05) is 18.7 Å². The molecule has 7 heteroatoms. The van der Waals surface area contributed by atoms with Gasteiger partial charge >= 0.3 is 0 Å². The normalized spacial score (nSPS) is 9.78. The topological polar surface area (TPSA) is 97.4 Å². The van der Waals surface area contributed by atoms with Crippen LogP contribution in [0, 0.1) is 0 Å². The Morgan fingerprint density at radius 2 is 1.87 bits per heavy atom. The molecule has 23 heavy (non-hydrogen) atoms. The minimum absolute atomic E-state index is 0. The van der Waals surface area contributed by atoms with Gasteiger partial charge in [-0.2, -0.15) is 0 Å². The van der Waals surface area contributed by atoms with Crippen molar-refractivity contribution < 1.29 is 14.0 Å². The van der Waals surface area contributed by atoms with Crippen LogP contribution in [-0.2, 0) is 11.3 Å². The molecular formula is C16H20ClN3O3. The van der Waals surface area contributed by atoms with E-state index in [0.29, 0.717) is 31.6 Å². The Morgan fingerprint density at radius 1 is 1.13 bits per heavy atom. The molecule has 0 aliphatic heterocycles. The van der Waals surface area contributed by atoms with Crippen LogP contribution in [0.3, 0.4) is 0 Å². The molecule has 0 unspecified atom stereocenters. The smallest absolute Gasteiger partial charge is 0.291 e. The third-order valence-electron chi connectivity index (χ3n) is 3.05. The highest BCUT2D eigenvalue weighted by Gasteiger charge is 2.08. The van der Waals surface area contributed by atoms with E-state index in [9.17, 15) is 9.59 Å². The van der Waals surface area contributed by atoms with Crippen molar-refractivity contribution in [1.82, 2.24) is 5.32 Å². The average Bonchev–Trinajstić information content (AvgIpc) is 3.07. The Morgan fingerprint density at radius 3 is 2.48 bits per heavy atom. The lowest BCUT2D eigenvalue weighted by molar-refractivity contribution is -0.121. The number of rotatable bonds is 7. The molecule has 0 spiro atoms. The minimum atomic E-state index is -0.298. The van der Waals surface area contributed by atoms with E-state index >= 15 is 0 Å². The molecule has 1 aromatic carbocycles. The first-order valence-corrected chi connectivity index (χ1v) is 7.09. The van der Waals surface area contributed by atoms with Crippen molar-refractivity contribution >= 4 is 29.9 Å². The van der Waals surface area contributed by atoms with E-state index in [1.165, 1.54) is 6.26 Å². The maximum Gasteiger partial charge on any atom is 0.291 e. The van der Waals surface area contributed by atoms with Gasteiger partial charge in [-0.25, -0.2) is 0 Å². The summed E-state index contributed by atoms with van der Waals surface area (Å²) >= 11 is 0. The van der Waals surface area contributed by atoms with E-state index in [-0.39, 0.29) is 30.0 Å². The predicted molar refractivity (Wildman–Crippen MR) is 90.5 cm³/mol. The minimum Gasteiger partial charge on any atom is -0.459 e. The zero-order chi connectivity index (χ0) is 15.8. The molecule has 0 radical (unpaired) electrons. The maximum absolute atomic E-state index is 11.8. The third kappa shape index (κ3) is 6.14. The number of hydrogen-bond donors (Lipinski definition) is 3. The molecule has 0 atom stereocenters. The van der Waals surface area contributed by atoms with Gasteiger partial charge in [-0.15, -0.1) is 12.4 Å². The van der Waals surface area contributed by atoms with Gasteiger partial charge in [0.15, 0.2) is 5.76 Å². The highest BCUT2D eigenvalue weighted by atomic mass is 35.5. The largest absolute Gasteiger partial charge is 0.459 e. The number of halogens is 1. The van der Waals surface area contributed by atoms with Crippen LogP contribution in [0.5, 0.6) is 0 Å². The molecule has 2 amide bonds. The van der Waals surface area contributed by atoms with E-state index in [4.69, 9.17) is 10.2 Å². The summed E-state index contributed by atoms with van der Waals surface area (Å²) in [6.07, 6.45) is 2.57. The van der Waals surface area contributed by atoms with Crippen molar-refractivity contribution in [1.29, 1.82) is 0 Å². The number of amides is 2. The Hall–Kier alpha value is -2.31. The Bertz CT molecular complexity index is 612. The van der Waals surface area contributed by atoms with Crippen molar-refractivity contribution in [2.24, 2.45) is 5.73 Å². The van der Waals surface area contributed by atoms with Gasteiger partial charge in [-0.1, -0.05) is 12.1 Å². The summed E-state index contributed by atoms with van der Waals surface area (Å²) in [7, 11) is 0. The third-order valence-corrected chi connectivity index (χ3v) is 3.05. The van der Waals surface area contributed by atoms with Crippen molar-refractivity contribution in [2.75, 3.05) is 11.9 Å². The lowest BCUT2D eigenvalue weighted by Gasteiger charge is -2.07. The monoisotopic (exact) mass is 337 g/mol. The molecular weight excluding hydrogens is 318 g/mol.